The molecular formula is C24H18N6OS. The first-order valence-corrected chi connectivity index (χ1v) is 10.8. The molecule has 4 heterocycles. The summed E-state index contributed by atoms with van der Waals surface area (Å²) in [6.45, 7) is 1.91. The van der Waals surface area contributed by atoms with Gasteiger partial charge in [-0.15, -0.1) is 22.9 Å². The topological polar surface area (TPSA) is 98.2 Å². The first-order valence-electron chi connectivity index (χ1n) is 9.90. The van der Waals surface area contributed by atoms with Crippen molar-refractivity contribution >= 4 is 38.9 Å². The van der Waals surface area contributed by atoms with Gasteiger partial charge in [-0.1, -0.05) is 36.3 Å². The summed E-state index contributed by atoms with van der Waals surface area (Å²) in [5.74, 6) is 2.48. The van der Waals surface area contributed by atoms with E-state index in [2.05, 4.69) is 21.3 Å². The number of rotatable bonds is 4. The molecule has 7 nitrogen and oxygen atoms in total. The molecular weight excluding hydrogens is 420 g/mol. The molecule has 0 aliphatic heterocycles. The molecule has 4 aromatic heterocycles. The van der Waals surface area contributed by atoms with Gasteiger partial charge in [0, 0.05) is 28.9 Å². The van der Waals surface area contributed by atoms with Crippen LogP contribution >= 0.6 is 11.3 Å². The third-order valence-electron chi connectivity index (χ3n) is 5.24. The van der Waals surface area contributed by atoms with Crippen molar-refractivity contribution in [3.05, 3.63) is 76.9 Å². The minimum atomic E-state index is -0.357. The minimum Gasteiger partial charge on any atom is -0.381 e. The minimum absolute atomic E-state index is 0.127. The van der Waals surface area contributed by atoms with Crippen LogP contribution in [0.1, 0.15) is 34.5 Å². The number of hydrogen-bond acceptors (Lipinski definition) is 6. The number of pyridine rings is 1. The van der Waals surface area contributed by atoms with Crippen molar-refractivity contribution in [1.29, 1.82) is 0 Å². The Hall–Kier alpha value is -4.22. The van der Waals surface area contributed by atoms with Gasteiger partial charge >= 0.3 is 0 Å². The van der Waals surface area contributed by atoms with Crippen LogP contribution in [0.25, 0.3) is 27.1 Å². The van der Waals surface area contributed by atoms with E-state index in [4.69, 9.17) is 17.1 Å². The van der Waals surface area contributed by atoms with Crippen LogP contribution in [-0.4, -0.2) is 25.5 Å². The average molecular weight is 439 g/mol. The van der Waals surface area contributed by atoms with Crippen LogP contribution in [0.2, 0.25) is 0 Å². The highest BCUT2D eigenvalue weighted by Gasteiger charge is 2.23. The predicted octanol–water partition coefficient (Wildman–Crippen LogP) is 4.06. The fourth-order valence-electron chi connectivity index (χ4n) is 3.70. The number of benzene rings is 1. The molecule has 32 heavy (non-hydrogen) atoms. The number of hydrogen-bond donors (Lipinski definition) is 2. The second-order valence-electron chi connectivity index (χ2n) is 7.28. The number of carbonyl (C=O) groups excluding carboxylic acids is 1. The van der Waals surface area contributed by atoms with E-state index < -0.39 is 0 Å². The number of anilines is 1. The summed E-state index contributed by atoms with van der Waals surface area (Å²) >= 11 is 1.53. The molecule has 0 fully saturated rings. The quantitative estimate of drug-likeness (QED) is 0.412. The van der Waals surface area contributed by atoms with Crippen LogP contribution in [0.15, 0.2) is 60.2 Å². The van der Waals surface area contributed by atoms with E-state index in [1.807, 2.05) is 48.7 Å². The number of amides is 1. The zero-order valence-electron chi connectivity index (χ0n) is 17.1. The van der Waals surface area contributed by atoms with Gasteiger partial charge in [-0.25, -0.2) is 14.5 Å². The number of aromatic nitrogens is 4. The van der Waals surface area contributed by atoms with Gasteiger partial charge in [0.15, 0.2) is 11.5 Å². The summed E-state index contributed by atoms with van der Waals surface area (Å²) in [4.78, 5) is 22.3. The van der Waals surface area contributed by atoms with E-state index >= 15 is 0 Å². The lowest BCUT2D eigenvalue weighted by Crippen LogP contribution is -2.28. The molecule has 0 spiro atoms. The van der Waals surface area contributed by atoms with Crippen molar-refractivity contribution in [3.63, 3.8) is 0 Å². The molecule has 0 aliphatic carbocycles. The van der Waals surface area contributed by atoms with Crippen molar-refractivity contribution in [1.82, 2.24) is 24.9 Å². The molecule has 5 aromatic rings. The van der Waals surface area contributed by atoms with Gasteiger partial charge in [-0.3, -0.25) is 4.79 Å². The van der Waals surface area contributed by atoms with E-state index in [-0.39, 0.29) is 23.3 Å². The Morgan fingerprint density at radius 1 is 1.28 bits per heavy atom. The van der Waals surface area contributed by atoms with Gasteiger partial charge in [0.2, 0.25) is 0 Å². The summed E-state index contributed by atoms with van der Waals surface area (Å²) in [7, 11) is 0. The van der Waals surface area contributed by atoms with Gasteiger partial charge in [0.25, 0.3) is 5.91 Å². The Morgan fingerprint density at radius 3 is 2.88 bits per heavy atom. The first kappa shape index (κ1) is 19.7. The summed E-state index contributed by atoms with van der Waals surface area (Å²) < 4.78 is 2.45. The highest BCUT2D eigenvalue weighted by atomic mass is 32.1. The SMILES string of the molecule is C#Cc1csc2cc(C(C)NC(=O)c3c(N)nn4cccnc34)c(-c3ccccc3)nc12. The lowest BCUT2D eigenvalue weighted by molar-refractivity contribution is 0.0942. The number of nitrogen functional groups attached to an aromatic ring is 1. The van der Waals surface area contributed by atoms with Crippen LogP contribution in [0.4, 0.5) is 5.82 Å². The summed E-state index contributed by atoms with van der Waals surface area (Å²) in [6.07, 6.45) is 8.96. The summed E-state index contributed by atoms with van der Waals surface area (Å²) in [6, 6.07) is 13.2. The van der Waals surface area contributed by atoms with E-state index in [1.54, 1.807) is 18.5 Å². The van der Waals surface area contributed by atoms with Gasteiger partial charge in [0.05, 0.1) is 27.5 Å². The zero-order valence-corrected chi connectivity index (χ0v) is 17.9. The number of fused-ring (bicyclic) bond motifs is 2. The number of nitrogens with zero attached hydrogens (tertiary/aromatic N) is 4. The third-order valence-corrected chi connectivity index (χ3v) is 6.16. The van der Waals surface area contributed by atoms with Gasteiger partial charge in [-0.2, -0.15) is 0 Å². The Labute approximate surface area is 187 Å². The van der Waals surface area contributed by atoms with Crippen molar-refractivity contribution in [2.75, 3.05) is 5.73 Å². The molecule has 1 unspecified atom stereocenters. The van der Waals surface area contributed by atoms with Gasteiger partial charge < -0.3 is 11.1 Å². The first-order chi connectivity index (χ1) is 15.6. The van der Waals surface area contributed by atoms with Crippen molar-refractivity contribution in [3.8, 4) is 23.6 Å². The highest BCUT2D eigenvalue weighted by Crippen LogP contribution is 2.34. The van der Waals surface area contributed by atoms with E-state index in [0.717, 1.165) is 32.6 Å². The number of terminal acetylenes is 1. The number of thiophene rings is 1. The maximum absolute atomic E-state index is 13.2. The predicted molar refractivity (Wildman–Crippen MR) is 126 cm³/mol. The molecule has 3 N–H and O–H groups in total. The smallest absolute Gasteiger partial charge is 0.259 e. The van der Waals surface area contributed by atoms with Crippen LogP contribution in [-0.2, 0) is 0 Å². The second kappa shape index (κ2) is 7.80. The molecule has 0 aliphatic rings. The number of carbonyl (C=O) groups is 1. The van der Waals surface area contributed by atoms with Crippen molar-refractivity contribution in [2.45, 2.75) is 13.0 Å². The van der Waals surface area contributed by atoms with E-state index in [1.165, 1.54) is 15.9 Å². The van der Waals surface area contributed by atoms with Crippen LogP contribution < -0.4 is 11.1 Å². The van der Waals surface area contributed by atoms with Gasteiger partial charge in [0.1, 0.15) is 5.56 Å². The summed E-state index contributed by atoms with van der Waals surface area (Å²) in [5, 5.41) is 9.13. The van der Waals surface area contributed by atoms with Crippen molar-refractivity contribution in [2.24, 2.45) is 0 Å². The third kappa shape index (κ3) is 3.25. The zero-order chi connectivity index (χ0) is 22.2. The lowest BCUT2D eigenvalue weighted by Gasteiger charge is -2.18. The van der Waals surface area contributed by atoms with E-state index in [0.29, 0.717) is 5.65 Å². The Kier molecular flexibility index (Phi) is 4.81. The van der Waals surface area contributed by atoms with Gasteiger partial charge in [-0.05, 0) is 19.1 Å². The largest absolute Gasteiger partial charge is 0.381 e. The van der Waals surface area contributed by atoms with E-state index in [9.17, 15) is 4.79 Å². The average Bonchev–Trinajstić information content (AvgIpc) is 3.37. The molecule has 0 radical (unpaired) electrons. The second-order valence-corrected chi connectivity index (χ2v) is 8.19. The normalized spacial score (nSPS) is 12.0. The van der Waals surface area contributed by atoms with Crippen molar-refractivity contribution < 1.29 is 4.79 Å². The molecule has 5 rings (SSSR count). The molecule has 8 heteroatoms. The maximum atomic E-state index is 13.2. The molecule has 1 atom stereocenters. The number of nitrogens with one attached hydrogen (secondary N) is 1. The number of nitrogens with two attached hydrogens (primary N) is 1. The molecule has 1 aromatic carbocycles. The van der Waals surface area contributed by atoms with Crippen LogP contribution in [0.3, 0.4) is 0 Å². The molecule has 1 amide bonds. The lowest BCUT2D eigenvalue weighted by atomic mass is 9.99. The standard InChI is InChI=1S/C24H18N6OS/c1-3-15-13-32-18-12-17(20(28-21(15)18)16-8-5-4-6-9-16)14(2)27-24(31)19-22(25)29-30-11-7-10-26-23(19)30/h1,4-14H,2H3,(H2,25,29)(H,27,31). The molecule has 156 valence electrons. The fourth-order valence-corrected chi connectivity index (χ4v) is 4.59. The molecule has 0 bridgehead atoms. The maximum Gasteiger partial charge on any atom is 0.259 e. The Morgan fingerprint density at radius 2 is 2.09 bits per heavy atom. The monoisotopic (exact) mass is 438 g/mol. The van der Waals surface area contributed by atoms with Crippen LogP contribution in [0, 0.1) is 12.3 Å². The highest BCUT2D eigenvalue weighted by molar-refractivity contribution is 7.17. The summed E-state index contributed by atoms with van der Waals surface area (Å²) in [5.41, 5.74) is 10.8. The fraction of sp³-hybridized carbons (Fsp3) is 0.0833. The van der Waals surface area contributed by atoms with Crippen LogP contribution in [0.5, 0.6) is 0 Å². The Balaban J connectivity index is 1.58. The molecule has 0 saturated heterocycles. The Bertz CT molecular complexity index is 1510. The molecule has 0 saturated carbocycles.